The minimum absolute atomic E-state index is 0.0344. The minimum Gasteiger partial charge on any atom is -0.459 e. The Balaban J connectivity index is 2.33. The number of hydroxylamine groups is 2. The van der Waals surface area contributed by atoms with Gasteiger partial charge in [0.15, 0.2) is 6.10 Å². The highest BCUT2D eigenvalue weighted by molar-refractivity contribution is 6.01. The molecule has 0 spiro atoms. The van der Waals surface area contributed by atoms with Crippen molar-refractivity contribution in [1.29, 1.82) is 0 Å². The number of carbonyl (C=O) groups excluding carboxylic acids is 5. The fourth-order valence-corrected chi connectivity index (χ4v) is 1.57. The van der Waals surface area contributed by atoms with Gasteiger partial charge in [-0.1, -0.05) is 5.06 Å². The zero-order chi connectivity index (χ0) is 17.6. The van der Waals surface area contributed by atoms with Crippen LogP contribution in [0.3, 0.4) is 0 Å². The quantitative estimate of drug-likeness (QED) is 0.378. The summed E-state index contributed by atoms with van der Waals surface area (Å²) < 4.78 is 14.1. The van der Waals surface area contributed by atoms with Crippen molar-refractivity contribution in [2.24, 2.45) is 0 Å². The van der Waals surface area contributed by atoms with Gasteiger partial charge in [0.2, 0.25) is 0 Å². The van der Waals surface area contributed by atoms with Crippen LogP contribution in [0.25, 0.3) is 0 Å². The van der Waals surface area contributed by atoms with Gasteiger partial charge in [-0.25, -0.2) is 9.59 Å². The van der Waals surface area contributed by atoms with Crippen molar-refractivity contribution in [3.63, 3.8) is 0 Å². The summed E-state index contributed by atoms with van der Waals surface area (Å²) in [5.41, 5.74) is 0. The van der Waals surface area contributed by atoms with Crippen molar-refractivity contribution >= 4 is 29.9 Å². The lowest BCUT2D eigenvalue weighted by atomic mass is 10.4. The number of imide groups is 1. The number of esters is 2. The van der Waals surface area contributed by atoms with Gasteiger partial charge in [-0.3, -0.25) is 19.2 Å². The molecule has 0 saturated carbocycles. The Labute approximate surface area is 131 Å². The molecule has 10 heteroatoms. The molecular weight excluding hydrogens is 314 g/mol. The molecule has 1 aliphatic rings. The Morgan fingerprint density at radius 2 is 1.65 bits per heavy atom. The van der Waals surface area contributed by atoms with Crippen LogP contribution in [0.1, 0.15) is 33.6 Å². The van der Waals surface area contributed by atoms with Gasteiger partial charge in [-0.15, -0.1) is 0 Å². The first-order chi connectivity index (χ1) is 10.7. The first-order valence-corrected chi connectivity index (χ1v) is 6.79. The highest BCUT2D eigenvalue weighted by atomic mass is 16.8. The van der Waals surface area contributed by atoms with Crippen LogP contribution in [0.5, 0.6) is 0 Å². The topological polar surface area (TPSA) is 126 Å². The molecule has 1 saturated heterocycles. The standard InChI is InChI=1S/C13H17NO9/c1-7(6-20-12(18)8(2)22-9(3)15)21-13(19)23-14-10(16)4-5-11(14)17/h7-8H,4-6H2,1-3H3/t7?,8-/m0/s1. The first kappa shape index (κ1) is 18.4. The van der Waals surface area contributed by atoms with E-state index in [0.29, 0.717) is 5.06 Å². The molecule has 128 valence electrons. The summed E-state index contributed by atoms with van der Waals surface area (Å²) in [6.07, 6.45) is -3.33. The zero-order valence-corrected chi connectivity index (χ0v) is 12.9. The maximum absolute atomic E-state index is 11.5. The van der Waals surface area contributed by atoms with Crippen molar-refractivity contribution < 1.29 is 43.0 Å². The van der Waals surface area contributed by atoms with Crippen LogP contribution in [0.15, 0.2) is 0 Å². The average Bonchev–Trinajstić information content (AvgIpc) is 2.75. The van der Waals surface area contributed by atoms with Gasteiger partial charge in [0.05, 0.1) is 0 Å². The summed E-state index contributed by atoms with van der Waals surface area (Å²) in [6, 6.07) is 0. The molecule has 0 bridgehead atoms. The molecule has 2 amide bonds. The lowest BCUT2D eigenvalue weighted by molar-refractivity contribution is -0.180. The minimum atomic E-state index is -1.27. The molecule has 0 aliphatic carbocycles. The third-order valence-electron chi connectivity index (χ3n) is 2.60. The number of hydrogen-bond donors (Lipinski definition) is 0. The van der Waals surface area contributed by atoms with E-state index in [1.807, 2.05) is 0 Å². The second-order valence-electron chi connectivity index (χ2n) is 4.73. The Morgan fingerprint density at radius 3 is 2.17 bits per heavy atom. The molecule has 1 aliphatic heterocycles. The monoisotopic (exact) mass is 331 g/mol. The third kappa shape index (κ3) is 5.93. The van der Waals surface area contributed by atoms with Crippen LogP contribution in [0, 0.1) is 0 Å². The maximum Gasteiger partial charge on any atom is 0.534 e. The largest absolute Gasteiger partial charge is 0.534 e. The van der Waals surface area contributed by atoms with Crippen LogP contribution < -0.4 is 0 Å². The van der Waals surface area contributed by atoms with Crippen LogP contribution in [-0.2, 0) is 38.2 Å². The maximum atomic E-state index is 11.5. The van der Waals surface area contributed by atoms with E-state index in [1.165, 1.54) is 13.8 Å². The number of ether oxygens (including phenoxy) is 3. The Morgan fingerprint density at radius 1 is 1.09 bits per heavy atom. The summed E-state index contributed by atoms with van der Waals surface area (Å²) in [6.45, 7) is 3.56. The molecule has 2 atom stereocenters. The van der Waals surface area contributed by atoms with Crippen molar-refractivity contribution in [3.8, 4) is 0 Å². The van der Waals surface area contributed by atoms with Crippen molar-refractivity contribution in [2.75, 3.05) is 6.61 Å². The zero-order valence-electron chi connectivity index (χ0n) is 12.9. The van der Waals surface area contributed by atoms with Crippen molar-refractivity contribution in [3.05, 3.63) is 0 Å². The highest BCUT2D eigenvalue weighted by Crippen LogP contribution is 2.13. The molecule has 1 heterocycles. The SMILES string of the molecule is CC(=O)O[C@@H](C)C(=O)OCC(C)OC(=O)ON1C(=O)CCC1=O. The van der Waals surface area contributed by atoms with Crippen molar-refractivity contribution in [2.45, 2.75) is 45.8 Å². The second kappa shape index (κ2) is 8.11. The van der Waals surface area contributed by atoms with E-state index >= 15 is 0 Å². The summed E-state index contributed by atoms with van der Waals surface area (Å²) in [7, 11) is 0. The molecule has 1 unspecified atom stereocenters. The van der Waals surface area contributed by atoms with Gasteiger partial charge in [-0.2, -0.15) is 0 Å². The molecule has 0 aromatic heterocycles. The Bertz CT molecular complexity index is 500. The van der Waals surface area contributed by atoms with Gasteiger partial charge in [0.25, 0.3) is 11.8 Å². The van der Waals surface area contributed by atoms with Crippen LogP contribution >= 0.6 is 0 Å². The fourth-order valence-electron chi connectivity index (χ4n) is 1.57. The molecule has 1 fully saturated rings. The molecule has 1 rings (SSSR count). The molecule has 0 aromatic carbocycles. The van der Waals surface area contributed by atoms with Crippen LogP contribution in [-0.4, -0.2) is 53.8 Å². The van der Waals surface area contributed by atoms with E-state index in [9.17, 15) is 24.0 Å². The third-order valence-corrected chi connectivity index (χ3v) is 2.60. The van der Waals surface area contributed by atoms with Crippen molar-refractivity contribution in [1.82, 2.24) is 5.06 Å². The molecular formula is C13H17NO9. The smallest absolute Gasteiger partial charge is 0.459 e. The van der Waals surface area contributed by atoms with E-state index < -0.39 is 42.1 Å². The summed E-state index contributed by atoms with van der Waals surface area (Å²) in [5.74, 6) is -2.72. The number of amides is 2. The van der Waals surface area contributed by atoms with Gasteiger partial charge < -0.3 is 14.2 Å². The van der Waals surface area contributed by atoms with E-state index in [-0.39, 0.29) is 19.4 Å². The summed E-state index contributed by atoms with van der Waals surface area (Å²) in [4.78, 5) is 60.5. The first-order valence-electron chi connectivity index (χ1n) is 6.79. The average molecular weight is 331 g/mol. The number of nitrogens with zero attached hydrogens (tertiary/aromatic N) is 1. The number of carbonyl (C=O) groups is 5. The van der Waals surface area contributed by atoms with Crippen LogP contribution in [0.2, 0.25) is 0 Å². The van der Waals surface area contributed by atoms with Gasteiger partial charge in [0, 0.05) is 19.8 Å². The van der Waals surface area contributed by atoms with E-state index in [0.717, 1.165) is 6.92 Å². The summed E-state index contributed by atoms with van der Waals surface area (Å²) in [5, 5.41) is 0.337. The van der Waals surface area contributed by atoms with E-state index in [2.05, 4.69) is 9.57 Å². The van der Waals surface area contributed by atoms with Gasteiger partial charge in [-0.05, 0) is 13.8 Å². The van der Waals surface area contributed by atoms with E-state index in [4.69, 9.17) is 9.47 Å². The summed E-state index contributed by atoms with van der Waals surface area (Å²) >= 11 is 0. The number of rotatable bonds is 6. The second-order valence-corrected chi connectivity index (χ2v) is 4.73. The molecule has 0 N–H and O–H groups in total. The molecule has 0 aromatic rings. The lowest BCUT2D eigenvalue weighted by Gasteiger charge is -2.17. The molecule has 23 heavy (non-hydrogen) atoms. The Kier molecular flexibility index (Phi) is 6.49. The Hall–Kier alpha value is -2.65. The van der Waals surface area contributed by atoms with Gasteiger partial charge in [0.1, 0.15) is 12.7 Å². The van der Waals surface area contributed by atoms with Crippen LogP contribution in [0.4, 0.5) is 4.79 Å². The van der Waals surface area contributed by atoms with E-state index in [1.54, 1.807) is 0 Å². The normalized spacial score (nSPS) is 16.6. The van der Waals surface area contributed by atoms with Gasteiger partial charge >= 0.3 is 18.1 Å². The fraction of sp³-hybridized carbons (Fsp3) is 0.615. The number of hydrogen-bond acceptors (Lipinski definition) is 9. The predicted molar refractivity (Wildman–Crippen MR) is 70.3 cm³/mol. The lowest BCUT2D eigenvalue weighted by Crippen LogP contribution is -2.34. The molecule has 10 nitrogen and oxygen atoms in total. The predicted octanol–water partition coefficient (Wildman–Crippen LogP) is 0.0869. The highest BCUT2D eigenvalue weighted by Gasteiger charge is 2.33. The molecule has 0 radical (unpaired) electrons.